The van der Waals surface area contributed by atoms with Crippen molar-refractivity contribution < 1.29 is 13.6 Å². The molecular weight excluding hydrogens is 262 g/mol. The third-order valence-corrected chi connectivity index (χ3v) is 3.56. The average molecular weight is 282 g/mol. The van der Waals surface area contributed by atoms with Crippen LogP contribution >= 0.6 is 0 Å². The highest BCUT2D eigenvalue weighted by atomic mass is 19.1. The van der Waals surface area contributed by atoms with Crippen LogP contribution in [0.15, 0.2) is 18.2 Å². The van der Waals surface area contributed by atoms with Crippen LogP contribution in [0.1, 0.15) is 31.2 Å². The molecule has 0 spiro atoms. The fourth-order valence-electron chi connectivity index (χ4n) is 2.38. The van der Waals surface area contributed by atoms with E-state index in [1.165, 1.54) is 12.1 Å². The molecule has 1 aromatic carbocycles. The molecule has 1 heterocycles. The van der Waals surface area contributed by atoms with E-state index in [-0.39, 0.29) is 5.91 Å². The molecule has 0 unspecified atom stereocenters. The molecule has 20 heavy (non-hydrogen) atoms. The fraction of sp³-hybridized carbons (Fsp3) is 0.533. The largest absolute Gasteiger partial charge is 0.341 e. The summed E-state index contributed by atoms with van der Waals surface area (Å²) in [7, 11) is 0. The van der Waals surface area contributed by atoms with Crippen LogP contribution in [0, 0.1) is 11.6 Å². The van der Waals surface area contributed by atoms with E-state index in [2.05, 4.69) is 5.32 Å². The first-order chi connectivity index (χ1) is 9.66. The van der Waals surface area contributed by atoms with Gasteiger partial charge in [0, 0.05) is 44.2 Å². The Labute approximate surface area is 118 Å². The second-order valence-corrected chi connectivity index (χ2v) is 5.10. The first-order valence-corrected chi connectivity index (χ1v) is 7.09. The van der Waals surface area contributed by atoms with Crippen LogP contribution in [0.3, 0.4) is 0 Å². The molecule has 3 nitrogen and oxygen atoms in total. The van der Waals surface area contributed by atoms with Gasteiger partial charge in [0.25, 0.3) is 0 Å². The highest BCUT2D eigenvalue weighted by molar-refractivity contribution is 5.76. The van der Waals surface area contributed by atoms with Crippen molar-refractivity contribution in [3.63, 3.8) is 0 Å². The molecule has 0 saturated carbocycles. The van der Waals surface area contributed by atoms with Crippen molar-refractivity contribution in [2.75, 3.05) is 19.6 Å². The Morgan fingerprint density at radius 1 is 1.20 bits per heavy atom. The molecule has 1 aromatic rings. The van der Waals surface area contributed by atoms with Crippen molar-refractivity contribution >= 4 is 5.91 Å². The normalized spacial score (nSPS) is 16.3. The van der Waals surface area contributed by atoms with E-state index in [0.29, 0.717) is 31.6 Å². The maximum atomic E-state index is 13.4. The van der Waals surface area contributed by atoms with E-state index in [0.717, 1.165) is 31.9 Å². The highest BCUT2D eigenvalue weighted by Gasteiger charge is 2.15. The number of carbonyl (C=O) groups excluding carboxylic acids is 1. The molecular formula is C15H20F2N2O. The van der Waals surface area contributed by atoms with Crippen molar-refractivity contribution in [3.8, 4) is 0 Å². The number of nitrogens with zero attached hydrogens (tertiary/aromatic N) is 1. The third kappa shape index (κ3) is 4.27. The second kappa shape index (κ2) is 7.33. The smallest absolute Gasteiger partial charge is 0.222 e. The molecule has 0 atom stereocenters. The lowest BCUT2D eigenvalue weighted by molar-refractivity contribution is -0.130. The third-order valence-electron chi connectivity index (χ3n) is 3.56. The van der Waals surface area contributed by atoms with Crippen LogP contribution in [0.4, 0.5) is 8.78 Å². The number of rotatable bonds is 5. The summed E-state index contributed by atoms with van der Waals surface area (Å²) in [5.74, 6) is -0.901. The summed E-state index contributed by atoms with van der Waals surface area (Å²) >= 11 is 0. The Morgan fingerprint density at radius 3 is 2.85 bits per heavy atom. The molecule has 1 fully saturated rings. The monoisotopic (exact) mass is 282 g/mol. The quantitative estimate of drug-likeness (QED) is 0.841. The zero-order valence-corrected chi connectivity index (χ0v) is 11.5. The van der Waals surface area contributed by atoms with Crippen molar-refractivity contribution in [3.05, 3.63) is 35.4 Å². The van der Waals surface area contributed by atoms with Gasteiger partial charge in [-0.25, -0.2) is 8.78 Å². The standard InChI is InChI=1S/C15H20F2N2O/c16-13-6-5-12(14(17)10-13)11-18-7-9-19-8-3-1-2-4-15(19)20/h5-6,10,18H,1-4,7-9,11H2. The Hall–Kier alpha value is -1.49. The van der Waals surface area contributed by atoms with Crippen LogP contribution in [0.2, 0.25) is 0 Å². The van der Waals surface area contributed by atoms with Gasteiger partial charge in [-0.3, -0.25) is 4.79 Å². The molecule has 0 radical (unpaired) electrons. The Bertz CT molecular complexity index is 465. The van der Waals surface area contributed by atoms with Crippen LogP contribution < -0.4 is 5.32 Å². The molecule has 0 aliphatic carbocycles. The first-order valence-electron chi connectivity index (χ1n) is 7.09. The maximum Gasteiger partial charge on any atom is 0.222 e. The molecule has 0 bridgehead atoms. The summed E-state index contributed by atoms with van der Waals surface area (Å²) in [5.41, 5.74) is 0.439. The SMILES string of the molecule is O=C1CCCCCN1CCNCc1ccc(F)cc1F. The Kier molecular flexibility index (Phi) is 5.47. The van der Waals surface area contributed by atoms with Crippen LogP contribution in [-0.2, 0) is 11.3 Å². The molecule has 110 valence electrons. The van der Waals surface area contributed by atoms with E-state index in [4.69, 9.17) is 0 Å². The summed E-state index contributed by atoms with van der Waals surface area (Å²) in [4.78, 5) is 13.6. The number of benzene rings is 1. The number of amides is 1. The van der Waals surface area contributed by atoms with Crippen molar-refractivity contribution in [1.82, 2.24) is 10.2 Å². The van der Waals surface area contributed by atoms with E-state index >= 15 is 0 Å². The van der Waals surface area contributed by atoms with Gasteiger partial charge >= 0.3 is 0 Å². The minimum absolute atomic E-state index is 0.206. The lowest BCUT2D eigenvalue weighted by Crippen LogP contribution is -2.36. The number of hydrogen-bond donors (Lipinski definition) is 1. The second-order valence-electron chi connectivity index (χ2n) is 5.10. The van der Waals surface area contributed by atoms with Gasteiger partial charge in [-0.15, -0.1) is 0 Å². The van der Waals surface area contributed by atoms with Gasteiger partial charge in [0.05, 0.1) is 0 Å². The van der Waals surface area contributed by atoms with Crippen LogP contribution in [-0.4, -0.2) is 30.4 Å². The van der Waals surface area contributed by atoms with E-state index in [9.17, 15) is 13.6 Å². The summed E-state index contributed by atoms with van der Waals surface area (Å²) < 4.78 is 26.2. The van der Waals surface area contributed by atoms with E-state index in [1.807, 2.05) is 4.90 Å². The van der Waals surface area contributed by atoms with Gasteiger partial charge in [0.1, 0.15) is 11.6 Å². The Morgan fingerprint density at radius 2 is 2.05 bits per heavy atom. The lowest BCUT2D eigenvalue weighted by atomic mass is 10.2. The number of hydrogen-bond acceptors (Lipinski definition) is 2. The summed E-state index contributed by atoms with van der Waals surface area (Å²) in [5, 5.41) is 3.09. The molecule has 0 aromatic heterocycles. The minimum atomic E-state index is -0.568. The lowest BCUT2D eigenvalue weighted by Gasteiger charge is -2.20. The molecule has 1 aliphatic heterocycles. The number of nitrogens with one attached hydrogen (secondary N) is 1. The van der Waals surface area contributed by atoms with Gasteiger partial charge < -0.3 is 10.2 Å². The number of likely N-dealkylation sites (tertiary alicyclic amines) is 1. The van der Waals surface area contributed by atoms with Gasteiger partial charge in [0.2, 0.25) is 5.91 Å². The zero-order valence-electron chi connectivity index (χ0n) is 11.5. The van der Waals surface area contributed by atoms with Crippen molar-refractivity contribution in [2.45, 2.75) is 32.2 Å². The molecule has 1 N–H and O–H groups in total. The topological polar surface area (TPSA) is 32.3 Å². The van der Waals surface area contributed by atoms with E-state index < -0.39 is 11.6 Å². The molecule has 2 rings (SSSR count). The molecule has 1 amide bonds. The Balaban J connectivity index is 1.74. The van der Waals surface area contributed by atoms with E-state index in [1.54, 1.807) is 0 Å². The van der Waals surface area contributed by atoms with Crippen LogP contribution in [0.5, 0.6) is 0 Å². The average Bonchev–Trinajstić information content (AvgIpc) is 2.62. The number of carbonyl (C=O) groups is 1. The highest BCUT2D eigenvalue weighted by Crippen LogP contribution is 2.11. The summed E-state index contributed by atoms with van der Waals surface area (Å²) in [6.45, 7) is 2.41. The molecule has 1 saturated heterocycles. The maximum absolute atomic E-state index is 13.4. The van der Waals surface area contributed by atoms with Gasteiger partial charge in [-0.05, 0) is 18.9 Å². The van der Waals surface area contributed by atoms with Crippen molar-refractivity contribution in [2.24, 2.45) is 0 Å². The zero-order chi connectivity index (χ0) is 14.4. The fourth-order valence-corrected chi connectivity index (χ4v) is 2.38. The predicted octanol–water partition coefficient (Wildman–Crippen LogP) is 2.46. The number of halogens is 2. The predicted molar refractivity (Wildman–Crippen MR) is 73.1 cm³/mol. The van der Waals surface area contributed by atoms with Gasteiger partial charge in [0.15, 0.2) is 0 Å². The minimum Gasteiger partial charge on any atom is -0.341 e. The molecule has 5 heteroatoms. The van der Waals surface area contributed by atoms with Crippen molar-refractivity contribution in [1.29, 1.82) is 0 Å². The molecule has 1 aliphatic rings. The van der Waals surface area contributed by atoms with Gasteiger partial charge in [-0.2, -0.15) is 0 Å². The first kappa shape index (κ1) is 14.9. The van der Waals surface area contributed by atoms with Gasteiger partial charge in [-0.1, -0.05) is 12.5 Å². The summed E-state index contributed by atoms with van der Waals surface area (Å²) in [6.07, 6.45) is 3.77. The summed E-state index contributed by atoms with van der Waals surface area (Å²) in [6, 6.07) is 3.57. The van der Waals surface area contributed by atoms with Crippen LogP contribution in [0.25, 0.3) is 0 Å².